The van der Waals surface area contributed by atoms with Crippen LogP contribution in [0.2, 0.25) is 0 Å². The van der Waals surface area contributed by atoms with Crippen LogP contribution in [0.15, 0.2) is 54.6 Å². The highest BCUT2D eigenvalue weighted by atomic mass is 16.7. The van der Waals surface area contributed by atoms with Gasteiger partial charge in [-0.2, -0.15) is 0 Å². The Morgan fingerprint density at radius 3 is 2.33 bits per heavy atom. The molecule has 21 heavy (non-hydrogen) atoms. The quantitative estimate of drug-likeness (QED) is 0.840. The number of hydrogen-bond donors (Lipinski definition) is 0. The molecule has 2 aromatic rings. The van der Waals surface area contributed by atoms with E-state index in [0.717, 1.165) is 24.2 Å². The molecule has 3 rings (SSSR count). The van der Waals surface area contributed by atoms with Gasteiger partial charge < -0.3 is 14.2 Å². The number of ether oxygens (including phenoxy) is 3. The molecule has 1 fully saturated rings. The second-order valence-electron chi connectivity index (χ2n) is 5.14. The third-order valence-corrected chi connectivity index (χ3v) is 3.86. The summed E-state index contributed by atoms with van der Waals surface area (Å²) in [6.07, 6.45) is 1.68. The summed E-state index contributed by atoms with van der Waals surface area (Å²) in [4.78, 5) is 0. The predicted molar refractivity (Wildman–Crippen MR) is 81.3 cm³/mol. The zero-order valence-electron chi connectivity index (χ0n) is 12.2. The van der Waals surface area contributed by atoms with E-state index in [1.54, 1.807) is 7.11 Å². The van der Waals surface area contributed by atoms with Gasteiger partial charge in [-0.05, 0) is 24.1 Å². The monoisotopic (exact) mass is 284 g/mol. The molecule has 110 valence electrons. The van der Waals surface area contributed by atoms with Gasteiger partial charge in [-0.15, -0.1) is 0 Å². The van der Waals surface area contributed by atoms with Crippen molar-refractivity contribution in [1.82, 2.24) is 0 Å². The molecule has 0 spiro atoms. The fourth-order valence-corrected chi connectivity index (χ4v) is 2.80. The van der Waals surface area contributed by atoms with Crippen molar-refractivity contribution < 1.29 is 14.2 Å². The smallest absolute Gasteiger partial charge is 0.198 e. The van der Waals surface area contributed by atoms with Crippen molar-refractivity contribution >= 4 is 0 Å². The molecule has 1 aliphatic rings. The highest BCUT2D eigenvalue weighted by Gasteiger charge is 2.40. The first kappa shape index (κ1) is 14.1. The minimum atomic E-state index is -0.692. The SMILES string of the molecule is COc1ccccc1C1(CCc2ccccc2)OCCO1. The van der Waals surface area contributed by atoms with Gasteiger partial charge in [0.05, 0.1) is 25.9 Å². The molecular formula is C18H20O3. The van der Waals surface area contributed by atoms with Crippen LogP contribution in [-0.4, -0.2) is 20.3 Å². The van der Waals surface area contributed by atoms with Crippen molar-refractivity contribution in [3.05, 3.63) is 65.7 Å². The highest BCUT2D eigenvalue weighted by Crippen LogP contribution is 2.40. The Kier molecular flexibility index (Phi) is 4.23. The van der Waals surface area contributed by atoms with E-state index in [1.165, 1.54) is 5.56 Å². The average molecular weight is 284 g/mol. The predicted octanol–water partition coefficient (Wildman–Crippen LogP) is 3.53. The number of benzene rings is 2. The van der Waals surface area contributed by atoms with Crippen LogP contribution in [-0.2, 0) is 21.7 Å². The summed E-state index contributed by atoms with van der Waals surface area (Å²) >= 11 is 0. The minimum absolute atomic E-state index is 0.618. The van der Waals surface area contributed by atoms with Crippen LogP contribution in [0, 0.1) is 0 Å². The molecule has 1 heterocycles. The second-order valence-corrected chi connectivity index (χ2v) is 5.14. The molecule has 0 saturated carbocycles. The van der Waals surface area contributed by atoms with Gasteiger partial charge >= 0.3 is 0 Å². The molecule has 3 heteroatoms. The third-order valence-electron chi connectivity index (χ3n) is 3.86. The molecule has 3 nitrogen and oxygen atoms in total. The lowest BCUT2D eigenvalue weighted by Crippen LogP contribution is -2.28. The first-order valence-electron chi connectivity index (χ1n) is 7.29. The first-order valence-corrected chi connectivity index (χ1v) is 7.29. The molecule has 1 saturated heterocycles. The van der Waals surface area contributed by atoms with Crippen molar-refractivity contribution in [3.63, 3.8) is 0 Å². The van der Waals surface area contributed by atoms with Crippen LogP contribution < -0.4 is 4.74 Å². The summed E-state index contributed by atoms with van der Waals surface area (Å²) in [6.45, 7) is 1.24. The number of methoxy groups -OCH3 is 1. The summed E-state index contributed by atoms with van der Waals surface area (Å²) in [6, 6.07) is 18.3. The van der Waals surface area contributed by atoms with Gasteiger partial charge in [0.15, 0.2) is 5.79 Å². The third kappa shape index (κ3) is 2.94. The number of rotatable bonds is 5. The fraction of sp³-hybridized carbons (Fsp3) is 0.333. The van der Waals surface area contributed by atoms with E-state index < -0.39 is 5.79 Å². The van der Waals surface area contributed by atoms with Crippen molar-refractivity contribution in [2.45, 2.75) is 18.6 Å². The maximum absolute atomic E-state index is 5.99. The molecule has 1 aliphatic heterocycles. The highest BCUT2D eigenvalue weighted by molar-refractivity contribution is 5.37. The van der Waals surface area contributed by atoms with Crippen molar-refractivity contribution in [2.24, 2.45) is 0 Å². The Balaban J connectivity index is 1.86. The van der Waals surface area contributed by atoms with E-state index >= 15 is 0 Å². The van der Waals surface area contributed by atoms with Crippen molar-refractivity contribution in [2.75, 3.05) is 20.3 Å². The zero-order valence-corrected chi connectivity index (χ0v) is 12.2. The minimum Gasteiger partial charge on any atom is -0.496 e. The number of aryl methyl sites for hydroxylation is 1. The Labute approximate surface area is 125 Å². The summed E-state index contributed by atoms with van der Waals surface area (Å²) in [5.74, 6) is 0.120. The molecule has 0 N–H and O–H groups in total. The van der Waals surface area contributed by atoms with E-state index in [-0.39, 0.29) is 0 Å². The van der Waals surface area contributed by atoms with E-state index in [2.05, 4.69) is 24.3 Å². The molecule has 0 radical (unpaired) electrons. The van der Waals surface area contributed by atoms with Gasteiger partial charge in [0, 0.05) is 6.42 Å². The van der Waals surface area contributed by atoms with Gasteiger partial charge in [-0.3, -0.25) is 0 Å². The summed E-state index contributed by atoms with van der Waals surface area (Å²) in [7, 11) is 1.68. The van der Waals surface area contributed by atoms with Crippen molar-refractivity contribution in [1.29, 1.82) is 0 Å². The van der Waals surface area contributed by atoms with Crippen LogP contribution in [0.25, 0.3) is 0 Å². The topological polar surface area (TPSA) is 27.7 Å². The standard InChI is InChI=1S/C18H20O3/c1-19-17-10-6-5-9-16(17)18(20-13-14-21-18)12-11-15-7-3-2-4-8-15/h2-10H,11-14H2,1H3. The second kappa shape index (κ2) is 6.29. The molecule has 0 bridgehead atoms. The number of para-hydroxylation sites is 1. The molecule has 0 amide bonds. The maximum atomic E-state index is 5.99. The molecule has 0 atom stereocenters. The Morgan fingerprint density at radius 1 is 0.952 bits per heavy atom. The number of hydrogen-bond acceptors (Lipinski definition) is 3. The van der Waals surface area contributed by atoms with E-state index in [0.29, 0.717) is 13.2 Å². The van der Waals surface area contributed by atoms with Crippen molar-refractivity contribution in [3.8, 4) is 5.75 Å². The van der Waals surface area contributed by atoms with Crippen LogP contribution in [0.4, 0.5) is 0 Å². The normalized spacial score (nSPS) is 16.8. The fourth-order valence-electron chi connectivity index (χ4n) is 2.80. The Hall–Kier alpha value is -1.84. The largest absolute Gasteiger partial charge is 0.496 e. The Morgan fingerprint density at radius 2 is 1.62 bits per heavy atom. The molecular weight excluding hydrogens is 264 g/mol. The lowest BCUT2D eigenvalue weighted by Gasteiger charge is -2.29. The average Bonchev–Trinajstić information content (AvgIpc) is 3.04. The van der Waals surface area contributed by atoms with E-state index in [4.69, 9.17) is 14.2 Å². The van der Waals surface area contributed by atoms with Crippen LogP contribution in [0.5, 0.6) is 5.75 Å². The lowest BCUT2D eigenvalue weighted by molar-refractivity contribution is -0.171. The lowest BCUT2D eigenvalue weighted by atomic mass is 9.97. The van der Waals surface area contributed by atoms with Gasteiger partial charge in [0.25, 0.3) is 0 Å². The zero-order chi connectivity index (χ0) is 14.5. The van der Waals surface area contributed by atoms with E-state index in [1.807, 2.05) is 30.3 Å². The van der Waals surface area contributed by atoms with Gasteiger partial charge in [-0.25, -0.2) is 0 Å². The van der Waals surface area contributed by atoms with Crippen LogP contribution >= 0.6 is 0 Å². The molecule has 2 aromatic carbocycles. The van der Waals surface area contributed by atoms with E-state index in [9.17, 15) is 0 Å². The Bertz CT molecular complexity index is 574. The summed E-state index contributed by atoms with van der Waals surface area (Å²) < 4.78 is 17.5. The summed E-state index contributed by atoms with van der Waals surface area (Å²) in [5.41, 5.74) is 2.26. The first-order chi connectivity index (χ1) is 10.3. The molecule has 0 aromatic heterocycles. The van der Waals surface area contributed by atoms with Gasteiger partial charge in [-0.1, -0.05) is 42.5 Å². The van der Waals surface area contributed by atoms with Gasteiger partial charge in [0.2, 0.25) is 0 Å². The van der Waals surface area contributed by atoms with Gasteiger partial charge in [0.1, 0.15) is 5.75 Å². The molecule has 0 aliphatic carbocycles. The van der Waals surface area contributed by atoms with Crippen LogP contribution in [0.3, 0.4) is 0 Å². The molecule has 0 unspecified atom stereocenters. The summed E-state index contributed by atoms with van der Waals surface area (Å²) in [5, 5.41) is 0. The van der Waals surface area contributed by atoms with Crippen LogP contribution in [0.1, 0.15) is 17.5 Å². The maximum Gasteiger partial charge on any atom is 0.198 e.